The molecule has 2 aromatic heterocycles. The molecule has 3 N–H and O–H groups in total. The number of carbonyl (C=O) groups is 1. The Hall–Kier alpha value is -4.41. The highest BCUT2D eigenvalue weighted by atomic mass is 19.4. The molecule has 0 fully saturated rings. The number of alkyl halides is 3. The average Bonchev–Trinajstić information content (AvgIpc) is 3.23. The molecule has 0 radical (unpaired) electrons. The Bertz CT molecular complexity index is 1350. The van der Waals surface area contributed by atoms with Crippen molar-refractivity contribution in [3.05, 3.63) is 72.8 Å². The van der Waals surface area contributed by atoms with E-state index in [0.717, 1.165) is 11.6 Å². The lowest BCUT2D eigenvalue weighted by molar-refractivity contribution is -0.137. The number of carbonyl (C=O) groups excluding carboxylic acids is 1. The summed E-state index contributed by atoms with van der Waals surface area (Å²) in [6.07, 6.45) is -1.68. The molecule has 0 saturated carbocycles. The van der Waals surface area contributed by atoms with Gasteiger partial charge in [-0.25, -0.2) is 9.97 Å². The number of hydrogen-bond acceptors (Lipinski definition) is 7. The molecular formula is C22H17F3N6O2. The molecule has 2 aromatic carbocycles. The quantitative estimate of drug-likeness (QED) is 0.328. The molecule has 0 unspecified atom stereocenters. The van der Waals surface area contributed by atoms with Crippen LogP contribution in [0.2, 0.25) is 0 Å². The number of anilines is 5. The van der Waals surface area contributed by atoms with Gasteiger partial charge in [-0.2, -0.15) is 18.2 Å². The van der Waals surface area contributed by atoms with Crippen LogP contribution in [0.15, 0.2) is 66.1 Å². The summed E-state index contributed by atoms with van der Waals surface area (Å²) in [5.74, 6) is -1.06. The van der Waals surface area contributed by atoms with Crippen molar-refractivity contribution in [3.8, 4) is 0 Å². The molecule has 11 heteroatoms. The minimum atomic E-state index is -4.71. The van der Waals surface area contributed by atoms with Gasteiger partial charge in [-0.3, -0.25) is 4.79 Å². The van der Waals surface area contributed by atoms with E-state index in [1.165, 1.54) is 6.39 Å². The van der Waals surface area contributed by atoms with Gasteiger partial charge < -0.3 is 20.4 Å². The lowest BCUT2D eigenvalue weighted by atomic mass is 10.1. The lowest BCUT2D eigenvalue weighted by Gasteiger charge is -2.17. The SMILES string of the molecule is C=CC(=O)Nc1cc(C)ccc1Nc1nc(Nc2ccc3ocnc3c2)ncc1C(F)(F)F. The molecule has 1 amide bonds. The lowest BCUT2D eigenvalue weighted by Crippen LogP contribution is -2.14. The Balaban J connectivity index is 1.70. The summed E-state index contributed by atoms with van der Waals surface area (Å²) in [6, 6.07) is 9.81. The number of nitrogens with zero attached hydrogens (tertiary/aromatic N) is 3. The molecule has 33 heavy (non-hydrogen) atoms. The topological polar surface area (TPSA) is 105 Å². The van der Waals surface area contributed by atoms with Crippen molar-refractivity contribution in [1.29, 1.82) is 0 Å². The van der Waals surface area contributed by atoms with Crippen LogP contribution in [0.3, 0.4) is 0 Å². The standard InChI is InChI=1S/C22H17F3N6O2/c1-3-19(32)29-16-8-12(2)4-6-15(16)30-20-14(22(23,24)25)10-26-21(31-20)28-13-5-7-18-17(9-13)27-11-33-18/h3-11H,1H2,2H3,(H,29,32)(H2,26,28,30,31). The first-order chi connectivity index (χ1) is 15.7. The Labute approximate surface area is 185 Å². The van der Waals surface area contributed by atoms with Crippen LogP contribution in [0.25, 0.3) is 11.1 Å². The molecule has 0 aliphatic carbocycles. The maximum Gasteiger partial charge on any atom is 0.421 e. The molecule has 0 saturated heterocycles. The van der Waals surface area contributed by atoms with Crippen molar-refractivity contribution in [3.63, 3.8) is 0 Å². The van der Waals surface area contributed by atoms with E-state index in [9.17, 15) is 18.0 Å². The number of benzene rings is 2. The van der Waals surface area contributed by atoms with Crippen molar-refractivity contribution in [2.75, 3.05) is 16.0 Å². The second kappa shape index (κ2) is 8.61. The molecule has 168 valence electrons. The van der Waals surface area contributed by atoms with Crippen LogP contribution >= 0.6 is 0 Å². The fraction of sp³-hybridized carbons (Fsp3) is 0.0909. The van der Waals surface area contributed by atoms with Gasteiger partial charge in [0, 0.05) is 11.9 Å². The van der Waals surface area contributed by atoms with E-state index in [1.807, 2.05) is 0 Å². The van der Waals surface area contributed by atoms with Crippen LogP contribution in [0.1, 0.15) is 11.1 Å². The highest BCUT2D eigenvalue weighted by Gasteiger charge is 2.35. The first kappa shape index (κ1) is 21.8. The Morgan fingerprint density at radius 2 is 1.91 bits per heavy atom. The number of hydrogen-bond donors (Lipinski definition) is 3. The predicted molar refractivity (Wildman–Crippen MR) is 118 cm³/mol. The van der Waals surface area contributed by atoms with Crippen LogP contribution in [-0.4, -0.2) is 20.9 Å². The minimum absolute atomic E-state index is 0.0721. The van der Waals surface area contributed by atoms with E-state index in [2.05, 4.69) is 37.5 Å². The monoisotopic (exact) mass is 454 g/mol. The summed E-state index contributed by atoms with van der Waals surface area (Å²) < 4.78 is 46.1. The van der Waals surface area contributed by atoms with E-state index in [1.54, 1.807) is 43.3 Å². The summed E-state index contributed by atoms with van der Waals surface area (Å²) >= 11 is 0. The van der Waals surface area contributed by atoms with E-state index in [0.29, 0.717) is 23.0 Å². The minimum Gasteiger partial charge on any atom is -0.443 e. The Morgan fingerprint density at radius 3 is 2.67 bits per heavy atom. The van der Waals surface area contributed by atoms with Gasteiger partial charge in [0.05, 0.1) is 11.4 Å². The highest BCUT2D eigenvalue weighted by molar-refractivity contribution is 6.01. The van der Waals surface area contributed by atoms with Crippen LogP contribution in [-0.2, 0) is 11.0 Å². The second-order valence-corrected chi connectivity index (χ2v) is 6.98. The molecule has 0 bridgehead atoms. The average molecular weight is 454 g/mol. The fourth-order valence-corrected chi connectivity index (χ4v) is 2.99. The number of aromatic nitrogens is 3. The van der Waals surface area contributed by atoms with E-state index < -0.39 is 23.5 Å². The summed E-state index contributed by atoms with van der Waals surface area (Å²) in [6.45, 7) is 5.17. The zero-order chi connectivity index (χ0) is 23.6. The summed E-state index contributed by atoms with van der Waals surface area (Å²) in [4.78, 5) is 23.6. The molecule has 4 rings (SSSR count). The summed E-state index contributed by atoms with van der Waals surface area (Å²) in [5.41, 5.74) is 1.85. The third-order valence-electron chi connectivity index (χ3n) is 4.55. The largest absolute Gasteiger partial charge is 0.443 e. The van der Waals surface area contributed by atoms with Crippen LogP contribution in [0, 0.1) is 6.92 Å². The van der Waals surface area contributed by atoms with Crippen molar-refractivity contribution in [2.45, 2.75) is 13.1 Å². The normalized spacial score (nSPS) is 11.3. The zero-order valence-corrected chi connectivity index (χ0v) is 17.2. The zero-order valence-electron chi connectivity index (χ0n) is 17.2. The molecular weight excluding hydrogens is 437 g/mol. The van der Waals surface area contributed by atoms with Gasteiger partial charge in [-0.15, -0.1) is 0 Å². The molecule has 8 nitrogen and oxygen atoms in total. The van der Waals surface area contributed by atoms with Gasteiger partial charge in [0.1, 0.15) is 16.9 Å². The van der Waals surface area contributed by atoms with Gasteiger partial charge in [-0.05, 0) is 48.9 Å². The number of amides is 1. The van der Waals surface area contributed by atoms with Crippen molar-refractivity contribution in [1.82, 2.24) is 15.0 Å². The highest BCUT2D eigenvalue weighted by Crippen LogP contribution is 2.37. The van der Waals surface area contributed by atoms with Crippen LogP contribution in [0.4, 0.5) is 42.0 Å². The first-order valence-electron chi connectivity index (χ1n) is 9.58. The van der Waals surface area contributed by atoms with Crippen LogP contribution < -0.4 is 16.0 Å². The van der Waals surface area contributed by atoms with E-state index >= 15 is 0 Å². The predicted octanol–water partition coefficient (Wildman–Crippen LogP) is 5.56. The number of aryl methyl sites for hydroxylation is 1. The molecule has 2 heterocycles. The van der Waals surface area contributed by atoms with Gasteiger partial charge in [-0.1, -0.05) is 12.6 Å². The maximum atomic E-state index is 13.6. The number of fused-ring (bicyclic) bond motifs is 1. The maximum absolute atomic E-state index is 13.6. The second-order valence-electron chi connectivity index (χ2n) is 6.98. The molecule has 0 atom stereocenters. The summed E-state index contributed by atoms with van der Waals surface area (Å²) in [7, 11) is 0. The molecule has 0 spiro atoms. The molecule has 4 aromatic rings. The van der Waals surface area contributed by atoms with Crippen LogP contribution in [0.5, 0.6) is 0 Å². The number of rotatable bonds is 6. The van der Waals surface area contributed by atoms with Gasteiger partial charge in [0.2, 0.25) is 11.9 Å². The van der Waals surface area contributed by atoms with E-state index in [-0.39, 0.29) is 17.3 Å². The first-order valence-corrected chi connectivity index (χ1v) is 9.58. The van der Waals surface area contributed by atoms with Gasteiger partial charge in [0.15, 0.2) is 12.0 Å². The van der Waals surface area contributed by atoms with Gasteiger partial charge >= 0.3 is 6.18 Å². The van der Waals surface area contributed by atoms with Crippen molar-refractivity contribution < 1.29 is 22.4 Å². The Morgan fingerprint density at radius 1 is 1.09 bits per heavy atom. The van der Waals surface area contributed by atoms with Gasteiger partial charge in [0.25, 0.3) is 0 Å². The van der Waals surface area contributed by atoms with Crippen molar-refractivity contribution in [2.24, 2.45) is 0 Å². The third-order valence-corrected chi connectivity index (χ3v) is 4.55. The fourth-order valence-electron chi connectivity index (χ4n) is 2.99. The Kier molecular flexibility index (Phi) is 5.69. The number of oxazole rings is 1. The number of nitrogens with one attached hydrogen (secondary N) is 3. The third kappa shape index (κ3) is 4.92. The summed E-state index contributed by atoms with van der Waals surface area (Å²) in [5, 5.41) is 8.10. The van der Waals surface area contributed by atoms with Crippen molar-refractivity contribution >= 4 is 45.8 Å². The smallest absolute Gasteiger partial charge is 0.421 e. The number of halogens is 3. The molecule has 0 aliphatic rings. The van der Waals surface area contributed by atoms with E-state index in [4.69, 9.17) is 4.42 Å². The molecule has 0 aliphatic heterocycles.